The van der Waals surface area contributed by atoms with Crippen LogP contribution in [-0.4, -0.2) is 14.3 Å². The first-order chi connectivity index (χ1) is 15.5. The number of nitro groups is 1. The molecule has 0 radical (unpaired) electrons. The fraction of sp³-hybridized carbons (Fsp3) is 0. The fourth-order valence-electron chi connectivity index (χ4n) is 3.37. The van der Waals surface area contributed by atoms with E-state index in [4.69, 9.17) is 4.74 Å². The van der Waals surface area contributed by atoms with E-state index in [0.29, 0.717) is 15.2 Å². The van der Waals surface area contributed by atoms with Crippen LogP contribution in [0.1, 0.15) is 11.1 Å². The van der Waals surface area contributed by atoms with E-state index in [1.807, 2.05) is 36.4 Å². The van der Waals surface area contributed by atoms with Crippen LogP contribution in [0.5, 0.6) is 11.5 Å². The molecule has 2 aromatic heterocycles. The first-order valence-corrected chi connectivity index (χ1v) is 10.2. The molecule has 0 atom stereocenters. The van der Waals surface area contributed by atoms with E-state index in [1.54, 1.807) is 28.7 Å². The van der Waals surface area contributed by atoms with Crippen LogP contribution in [0.2, 0.25) is 0 Å². The molecule has 32 heavy (non-hydrogen) atoms. The van der Waals surface area contributed by atoms with Crippen molar-refractivity contribution in [2.45, 2.75) is 0 Å². The van der Waals surface area contributed by atoms with Crippen LogP contribution in [0.15, 0.2) is 71.5 Å². The molecule has 0 N–H and O–H groups in total. The number of nitriles is 1. The second-order valence-corrected chi connectivity index (χ2v) is 7.87. The van der Waals surface area contributed by atoms with Gasteiger partial charge in [0.15, 0.2) is 4.96 Å². The number of ether oxygens (including phenoxy) is 1. The second-order valence-electron chi connectivity index (χ2n) is 6.86. The van der Waals surface area contributed by atoms with Crippen molar-refractivity contribution in [3.8, 4) is 17.6 Å². The van der Waals surface area contributed by atoms with E-state index in [1.165, 1.54) is 29.5 Å². The molecule has 0 saturated heterocycles. The summed E-state index contributed by atoms with van der Waals surface area (Å²) in [7, 11) is 0. The van der Waals surface area contributed by atoms with Crippen molar-refractivity contribution in [2.75, 3.05) is 0 Å². The number of para-hydroxylation sites is 2. The van der Waals surface area contributed by atoms with Crippen LogP contribution in [0.4, 0.5) is 5.69 Å². The molecule has 0 spiro atoms. The van der Waals surface area contributed by atoms with Gasteiger partial charge in [0.1, 0.15) is 23.1 Å². The summed E-state index contributed by atoms with van der Waals surface area (Å²) in [6, 6.07) is 20.2. The number of aromatic nitrogens is 2. The zero-order valence-corrected chi connectivity index (χ0v) is 17.1. The first kappa shape index (κ1) is 19.4. The van der Waals surface area contributed by atoms with Crippen molar-refractivity contribution in [1.29, 1.82) is 5.26 Å². The lowest BCUT2D eigenvalue weighted by Crippen LogP contribution is -2.22. The highest BCUT2D eigenvalue weighted by Gasteiger charge is 2.13. The van der Waals surface area contributed by atoms with Crippen molar-refractivity contribution >= 4 is 39.1 Å². The van der Waals surface area contributed by atoms with Gasteiger partial charge in [-0.25, -0.2) is 9.38 Å². The highest BCUT2D eigenvalue weighted by Crippen LogP contribution is 2.29. The summed E-state index contributed by atoms with van der Waals surface area (Å²) in [5.74, 6) is 0.643. The standard InChI is InChI=1S/C23H12N4O4S/c24-13-15-12-16(27(29)30)8-9-20(15)31-17-5-3-4-14(10-17)11-21-22(28)26-19-7-2-1-6-18(19)25-23(26)32-21/h1-12H/b21-11-. The number of imidazole rings is 1. The number of thiazole rings is 1. The molecule has 0 fully saturated rings. The van der Waals surface area contributed by atoms with Gasteiger partial charge >= 0.3 is 0 Å². The Labute approximate surface area is 184 Å². The van der Waals surface area contributed by atoms with Gasteiger partial charge in [-0.2, -0.15) is 5.26 Å². The number of nitrogens with zero attached hydrogens (tertiary/aromatic N) is 4. The van der Waals surface area contributed by atoms with Gasteiger partial charge in [-0.3, -0.25) is 14.9 Å². The molecule has 2 heterocycles. The van der Waals surface area contributed by atoms with Crippen molar-refractivity contribution in [1.82, 2.24) is 9.38 Å². The van der Waals surface area contributed by atoms with E-state index in [0.717, 1.165) is 16.6 Å². The number of rotatable bonds is 4. The summed E-state index contributed by atoms with van der Waals surface area (Å²) in [5.41, 5.74) is 1.99. The Balaban J connectivity index is 1.52. The maximum absolute atomic E-state index is 12.9. The molecule has 9 heteroatoms. The fourth-order valence-corrected chi connectivity index (χ4v) is 4.35. The lowest BCUT2D eigenvalue weighted by atomic mass is 10.2. The molecule has 154 valence electrons. The lowest BCUT2D eigenvalue weighted by molar-refractivity contribution is -0.384. The third-order valence-corrected chi connectivity index (χ3v) is 5.79. The normalized spacial score (nSPS) is 11.7. The molecule has 0 aliphatic rings. The Morgan fingerprint density at radius 2 is 1.97 bits per heavy atom. The van der Waals surface area contributed by atoms with Crippen LogP contribution in [-0.2, 0) is 0 Å². The topological polar surface area (TPSA) is 111 Å². The molecule has 0 saturated carbocycles. The van der Waals surface area contributed by atoms with Gasteiger partial charge < -0.3 is 4.74 Å². The van der Waals surface area contributed by atoms with Gasteiger partial charge in [0.2, 0.25) is 0 Å². The van der Waals surface area contributed by atoms with Gasteiger partial charge in [0.05, 0.1) is 20.5 Å². The average Bonchev–Trinajstić information content (AvgIpc) is 3.30. The Hall–Kier alpha value is -4.55. The summed E-state index contributed by atoms with van der Waals surface area (Å²) in [5, 5.41) is 20.2. The highest BCUT2D eigenvalue weighted by atomic mass is 32.1. The monoisotopic (exact) mass is 440 g/mol. The molecule has 0 aliphatic heterocycles. The van der Waals surface area contributed by atoms with Gasteiger partial charge in [-0.15, -0.1) is 0 Å². The highest BCUT2D eigenvalue weighted by molar-refractivity contribution is 7.15. The van der Waals surface area contributed by atoms with Crippen LogP contribution < -0.4 is 14.8 Å². The smallest absolute Gasteiger partial charge is 0.274 e. The SMILES string of the molecule is N#Cc1cc([N+](=O)[O-])ccc1Oc1cccc(/C=c2\sc3nc4ccccc4n3c2=O)c1. The third-order valence-electron chi connectivity index (χ3n) is 4.82. The van der Waals surface area contributed by atoms with Crippen LogP contribution in [0, 0.1) is 21.4 Å². The number of non-ortho nitro benzene ring substituents is 1. The van der Waals surface area contributed by atoms with E-state index < -0.39 is 4.92 Å². The van der Waals surface area contributed by atoms with E-state index >= 15 is 0 Å². The number of fused-ring (bicyclic) bond motifs is 3. The third kappa shape index (κ3) is 3.34. The van der Waals surface area contributed by atoms with Crippen molar-refractivity contribution in [2.24, 2.45) is 0 Å². The molecule has 5 rings (SSSR count). The summed E-state index contributed by atoms with van der Waals surface area (Å²) in [6.07, 6.45) is 1.75. The Morgan fingerprint density at radius 3 is 2.78 bits per heavy atom. The lowest BCUT2D eigenvalue weighted by Gasteiger charge is -2.07. The van der Waals surface area contributed by atoms with Gasteiger partial charge in [0, 0.05) is 12.1 Å². The minimum atomic E-state index is -0.568. The maximum Gasteiger partial charge on any atom is 0.274 e. The van der Waals surface area contributed by atoms with Crippen molar-refractivity contribution < 1.29 is 9.66 Å². The molecule has 0 bridgehead atoms. The zero-order valence-electron chi connectivity index (χ0n) is 16.3. The quantitative estimate of drug-likeness (QED) is 0.308. The van der Waals surface area contributed by atoms with Crippen LogP contribution in [0.3, 0.4) is 0 Å². The molecule has 5 aromatic rings. The number of nitro benzene ring substituents is 1. The summed E-state index contributed by atoms with van der Waals surface area (Å²) < 4.78 is 7.92. The second kappa shape index (κ2) is 7.61. The van der Waals surface area contributed by atoms with Crippen molar-refractivity contribution in [3.63, 3.8) is 0 Å². The number of hydrogen-bond acceptors (Lipinski definition) is 7. The van der Waals surface area contributed by atoms with Gasteiger partial charge in [-0.05, 0) is 42.0 Å². The Morgan fingerprint density at radius 1 is 1.12 bits per heavy atom. The minimum absolute atomic E-state index is 0.0572. The summed E-state index contributed by atoms with van der Waals surface area (Å²) >= 11 is 1.30. The van der Waals surface area contributed by atoms with E-state index in [9.17, 15) is 20.2 Å². The molecule has 0 amide bonds. The van der Waals surface area contributed by atoms with Crippen LogP contribution in [0.25, 0.3) is 22.1 Å². The van der Waals surface area contributed by atoms with Gasteiger partial charge in [0.25, 0.3) is 11.2 Å². The van der Waals surface area contributed by atoms with Crippen molar-refractivity contribution in [3.05, 3.63) is 103 Å². The molecular formula is C23H12N4O4S. The van der Waals surface area contributed by atoms with E-state index in [2.05, 4.69) is 4.98 Å². The predicted molar refractivity (Wildman–Crippen MR) is 120 cm³/mol. The average molecular weight is 440 g/mol. The molecule has 0 unspecified atom stereocenters. The summed E-state index contributed by atoms with van der Waals surface area (Å²) in [6.45, 7) is 0. The number of benzene rings is 3. The summed E-state index contributed by atoms with van der Waals surface area (Å²) in [4.78, 5) is 28.4. The Kier molecular flexibility index (Phi) is 4.62. The van der Waals surface area contributed by atoms with E-state index in [-0.39, 0.29) is 22.6 Å². The van der Waals surface area contributed by atoms with Crippen LogP contribution >= 0.6 is 11.3 Å². The van der Waals surface area contributed by atoms with Gasteiger partial charge in [-0.1, -0.05) is 35.6 Å². The first-order valence-electron chi connectivity index (χ1n) is 9.42. The molecule has 3 aromatic carbocycles. The largest absolute Gasteiger partial charge is 0.456 e. The zero-order chi connectivity index (χ0) is 22.2. The molecule has 0 aliphatic carbocycles. The maximum atomic E-state index is 12.9. The number of hydrogen-bond donors (Lipinski definition) is 0. The Bertz CT molecular complexity index is 1680. The molecular weight excluding hydrogens is 428 g/mol. The predicted octanol–water partition coefficient (Wildman–Crippen LogP) is 4.03. The minimum Gasteiger partial charge on any atom is -0.456 e. The molecule has 8 nitrogen and oxygen atoms in total.